The average molecular weight is 416 g/mol. The Morgan fingerprint density at radius 3 is 2.47 bits per heavy atom. The lowest BCUT2D eigenvalue weighted by Crippen LogP contribution is -2.45. The van der Waals surface area contributed by atoms with Gasteiger partial charge in [-0.05, 0) is 36.8 Å². The molecule has 0 aromatic heterocycles. The summed E-state index contributed by atoms with van der Waals surface area (Å²) in [5.74, 6) is 0.941. The molecule has 1 amide bonds. The Morgan fingerprint density at radius 2 is 1.83 bits per heavy atom. The van der Waals surface area contributed by atoms with Crippen LogP contribution in [0.3, 0.4) is 0 Å². The molecule has 0 saturated carbocycles. The maximum absolute atomic E-state index is 13.8. The van der Waals surface area contributed by atoms with Crippen molar-refractivity contribution in [2.75, 3.05) is 34.3 Å². The summed E-state index contributed by atoms with van der Waals surface area (Å²) in [6.45, 7) is 2.71. The molecule has 0 aliphatic carbocycles. The van der Waals surface area contributed by atoms with Crippen LogP contribution >= 0.6 is 0 Å². The lowest BCUT2D eigenvalue weighted by molar-refractivity contribution is -0.127. The zero-order chi connectivity index (χ0) is 21.9. The summed E-state index contributed by atoms with van der Waals surface area (Å²) in [6.07, 6.45) is -0.320. The van der Waals surface area contributed by atoms with Gasteiger partial charge in [0.1, 0.15) is 11.9 Å². The van der Waals surface area contributed by atoms with Crippen LogP contribution in [0.2, 0.25) is 0 Å². The highest BCUT2D eigenvalue weighted by Gasteiger charge is 2.10. The van der Waals surface area contributed by atoms with E-state index in [-0.39, 0.29) is 24.3 Å². The molecule has 0 aliphatic heterocycles. The van der Waals surface area contributed by atoms with Gasteiger partial charge in [-0.3, -0.25) is 4.79 Å². The van der Waals surface area contributed by atoms with Crippen molar-refractivity contribution in [3.63, 3.8) is 0 Å². The monoisotopic (exact) mass is 416 g/mol. The van der Waals surface area contributed by atoms with Crippen LogP contribution in [0.25, 0.3) is 0 Å². The third-order valence-corrected chi connectivity index (χ3v) is 4.21. The summed E-state index contributed by atoms with van der Waals surface area (Å²) >= 11 is 0. The number of hydrogen-bond acceptors (Lipinski definition) is 4. The number of carbonyl (C=O) groups excluding carboxylic acids is 1. The molecule has 30 heavy (non-hydrogen) atoms. The van der Waals surface area contributed by atoms with Crippen molar-refractivity contribution in [3.05, 3.63) is 59.9 Å². The van der Waals surface area contributed by atoms with Gasteiger partial charge in [0.05, 0.1) is 26.7 Å². The van der Waals surface area contributed by atoms with Crippen molar-refractivity contribution in [2.45, 2.75) is 19.6 Å². The summed E-state index contributed by atoms with van der Waals surface area (Å²) in [7, 11) is 5.00. The number of amides is 1. The number of carbonyl (C=O) groups is 1. The van der Waals surface area contributed by atoms with Gasteiger partial charge in [0, 0.05) is 14.1 Å². The summed E-state index contributed by atoms with van der Waals surface area (Å²) in [4.78, 5) is 17.9. The van der Waals surface area contributed by atoms with E-state index in [4.69, 9.17) is 9.47 Å². The molecule has 0 fully saturated rings. The first-order valence-electron chi connectivity index (χ1n) is 9.65. The van der Waals surface area contributed by atoms with Crippen LogP contribution < -0.4 is 20.1 Å². The Hall–Kier alpha value is -3.29. The number of hydrogen-bond donors (Lipinski definition) is 2. The Balaban J connectivity index is 1.98. The van der Waals surface area contributed by atoms with Gasteiger partial charge in [0.25, 0.3) is 0 Å². The van der Waals surface area contributed by atoms with Crippen LogP contribution in [-0.2, 0) is 11.3 Å². The lowest BCUT2D eigenvalue weighted by atomic mass is 10.2. The van der Waals surface area contributed by atoms with Crippen LogP contribution in [0, 0.1) is 5.82 Å². The van der Waals surface area contributed by atoms with E-state index in [2.05, 4.69) is 15.6 Å². The number of guanidine groups is 1. The van der Waals surface area contributed by atoms with E-state index in [1.807, 2.05) is 31.2 Å². The van der Waals surface area contributed by atoms with Gasteiger partial charge in [-0.2, -0.15) is 0 Å². The van der Waals surface area contributed by atoms with Crippen LogP contribution in [0.5, 0.6) is 11.5 Å². The minimum absolute atomic E-state index is 0.0791. The minimum Gasteiger partial charge on any atom is -0.497 e. The van der Waals surface area contributed by atoms with Gasteiger partial charge in [0.2, 0.25) is 5.91 Å². The molecule has 2 N–H and O–H groups in total. The molecule has 0 radical (unpaired) electrons. The molecule has 2 rings (SSSR count). The topological polar surface area (TPSA) is 75.2 Å². The van der Waals surface area contributed by atoms with Crippen molar-refractivity contribution < 1.29 is 18.7 Å². The van der Waals surface area contributed by atoms with E-state index in [0.29, 0.717) is 19.0 Å². The number of halogens is 1. The Morgan fingerprint density at radius 1 is 1.13 bits per heavy atom. The molecule has 8 heteroatoms. The maximum Gasteiger partial charge on any atom is 0.241 e. The number of rotatable bonds is 9. The zero-order valence-electron chi connectivity index (χ0n) is 17.8. The summed E-state index contributed by atoms with van der Waals surface area (Å²) in [5, 5.41) is 6.16. The van der Waals surface area contributed by atoms with E-state index in [1.54, 1.807) is 39.4 Å². The standard InChI is InChI=1S/C22H29FN4O3/c1-16(30-20-8-6-5-7-19(20)23)13-24-22(26-15-21(28)27(2)3)25-14-17-9-11-18(29-4)12-10-17/h5-12,16H,13-15H2,1-4H3,(H2,24,25,26). The van der Waals surface area contributed by atoms with Gasteiger partial charge in [-0.15, -0.1) is 0 Å². The predicted octanol–water partition coefficient (Wildman–Crippen LogP) is 2.43. The maximum atomic E-state index is 13.8. The van der Waals surface area contributed by atoms with E-state index in [9.17, 15) is 9.18 Å². The first-order valence-corrected chi connectivity index (χ1v) is 9.65. The van der Waals surface area contributed by atoms with Crippen molar-refractivity contribution in [1.82, 2.24) is 15.5 Å². The highest BCUT2D eigenvalue weighted by Crippen LogP contribution is 2.16. The van der Waals surface area contributed by atoms with Gasteiger partial charge in [-0.1, -0.05) is 24.3 Å². The van der Waals surface area contributed by atoms with E-state index in [1.165, 1.54) is 11.0 Å². The van der Waals surface area contributed by atoms with Crippen molar-refractivity contribution in [1.29, 1.82) is 0 Å². The molecular formula is C22H29FN4O3. The average Bonchev–Trinajstić information content (AvgIpc) is 2.74. The smallest absolute Gasteiger partial charge is 0.241 e. The molecular weight excluding hydrogens is 387 g/mol. The largest absolute Gasteiger partial charge is 0.497 e. The molecule has 2 aromatic carbocycles. The number of para-hydroxylation sites is 1. The van der Waals surface area contributed by atoms with Crippen molar-refractivity contribution >= 4 is 11.9 Å². The van der Waals surface area contributed by atoms with Gasteiger partial charge < -0.3 is 25.0 Å². The van der Waals surface area contributed by atoms with Gasteiger partial charge >= 0.3 is 0 Å². The summed E-state index contributed by atoms with van der Waals surface area (Å²) < 4.78 is 24.6. The normalized spacial score (nSPS) is 12.1. The number of methoxy groups -OCH3 is 1. The first kappa shape index (κ1) is 23.0. The summed E-state index contributed by atoms with van der Waals surface area (Å²) in [5.41, 5.74) is 0.992. The Kier molecular flexibility index (Phi) is 8.93. The molecule has 1 unspecified atom stereocenters. The van der Waals surface area contributed by atoms with Crippen LogP contribution in [0.15, 0.2) is 53.5 Å². The van der Waals surface area contributed by atoms with E-state index < -0.39 is 5.82 Å². The van der Waals surface area contributed by atoms with Crippen LogP contribution in [0.4, 0.5) is 4.39 Å². The number of aliphatic imine (C=N–C) groups is 1. The molecule has 0 saturated heterocycles. The molecule has 0 bridgehead atoms. The summed E-state index contributed by atoms with van der Waals surface area (Å²) in [6, 6.07) is 13.8. The number of ether oxygens (including phenoxy) is 2. The highest BCUT2D eigenvalue weighted by molar-refractivity contribution is 5.86. The molecule has 0 spiro atoms. The fraction of sp³-hybridized carbons (Fsp3) is 0.364. The van der Waals surface area contributed by atoms with Gasteiger partial charge in [-0.25, -0.2) is 9.38 Å². The first-order chi connectivity index (χ1) is 14.4. The third-order valence-electron chi connectivity index (χ3n) is 4.21. The number of nitrogens with zero attached hydrogens (tertiary/aromatic N) is 2. The van der Waals surface area contributed by atoms with Crippen molar-refractivity contribution in [2.24, 2.45) is 4.99 Å². The van der Waals surface area contributed by atoms with Crippen LogP contribution in [-0.4, -0.2) is 57.2 Å². The fourth-order valence-corrected chi connectivity index (χ4v) is 2.43. The SMILES string of the molecule is COc1ccc(CN=C(NCC(=O)N(C)C)NCC(C)Oc2ccccc2F)cc1. The number of benzene rings is 2. The van der Waals surface area contributed by atoms with Crippen LogP contribution in [0.1, 0.15) is 12.5 Å². The second-order valence-corrected chi connectivity index (χ2v) is 6.89. The third kappa shape index (κ3) is 7.62. The Bertz CT molecular complexity index is 841. The second-order valence-electron chi connectivity index (χ2n) is 6.89. The zero-order valence-corrected chi connectivity index (χ0v) is 17.8. The molecule has 0 heterocycles. The number of nitrogens with one attached hydrogen (secondary N) is 2. The molecule has 162 valence electrons. The second kappa shape index (κ2) is 11.6. The highest BCUT2D eigenvalue weighted by atomic mass is 19.1. The number of likely N-dealkylation sites (N-methyl/N-ethyl adjacent to an activating group) is 1. The molecule has 1 atom stereocenters. The molecule has 7 nitrogen and oxygen atoms in total. The van der Waals surface area contributed by atoms with E-state index >= 15 is 0 Å². The minimum atomic E-state index is -0.410. The van der Waals surface area contributed by atoms with E-state index in [0.717, 1.165) is 11.3 Å². The lowest BCUT2D eigenvalue weighted by Gasteiger charge is -2.19. The quantitative estimate of drug-likeness (QED) is 0.485. The molecule has 0 aliphatic rings. The fourth-order valence-electron chi connectivity index (χ4n) is 2.43. The van der Waals surface area contributed by atoms with Gasteiger partial charge in [0.15, 0.2) is 17.5 Å². The molecule has 2 aromatic rings. The van der Waals surface area contributed by atoms with Crippen molar-refractivity contribution in [3.8, 4) is 11.5 Å². The predicted molar refractivity (Wildman–Crippen MR) is 115 cm³/mol. The Labute approximate surface area is 176 Å².